The normalized spacial score (nSPS) is 12.5. The molecule has 0 aromatic heterocycles. The molecule has 1 aromatic rings. The van der Waals surface area contributed by atoms with Gasteiger partial charge in [0, 0.05) is 12.6 Å². The van der Waals surface area contributed by atoms with Gasteiger partial charge in [0.1, 0.15) is 12.4 Å². The summed E-state index contributed by atoms with van der Waals surface area (Å²) < 4.78 is 10.8. The minimum atomic E-state index is 0.0659. The number of aryl methyl sites for hydroxylation is 1. The van der Waals surface area contributed by atoms with Crippen LogP contribution in [0.1, 0.15) is 31.0 Å². The summed E-state index contributed by atoms with van der Waals surface area (Å²) >= 11 is 0. The summed E-state index contributed by atoms with van der Waals surface area (Å²) in [4.78, 5) is 0. The van der Waals surface area contributed by atoms with E-state index in [-0.39, 0.29) is 6.04 Å². The largest absolute Gasteiger partial charge is 0.491 e. The Bertz CT molecular complexity index is 324. The first-order chi connectivity index (χ1) is 7.65. The zero-order valence-corrected chi connectivity index (χ0v) is 10.3. The number of benzene rings is 1. The molecule has 90 valence electrons. The van der Waals surface area contributed by atoms with E-state index in [9.17, 15) is 0 Å². The van der Waals surface area contributed by atoms with Gasteiger partial charge in [0.15, 0.2) is 0 Å². The Morgan fingerprint density at radius 2 is 2.06 bits per heavy atom. The lowest BCUT2D eigenvalue weighted by Gasteiger charge is -2.12. The van der Waals surface area contributed by atoms with Gasteiger partial charge in [0.05, 0.1) is 6.61 Å². The second-order valence-corrected chi connectivity index (χ2v) is 3.86. The molecule has 3 nitrogen and oxygen atoms in total. The average molecular weight is 223 g/mol. The van der Waals surface area contributed by atoms with Gasteiger partial charge >= 0.3 is 0 Å². The molecule has 0 radical (unpaired) electrons. The maximum absolute atomic E-state index is 5.81. The molecule has 0 heterocycles. The Hall–Kier alpha value is -1.06. The topological polar surface area (TPSA) is 44.5 Å². The summed E-state index contributed by atoms with van der Waals surface area (Å²) in [5.41, 5.74) is 8.06. The molecule has 0 aliphatic heterocycles. The van der Waals surface area contributed by atoms with Crippen molar-refractivity contribution in [2.75, 3.05) is 19.8 Å². The SMILES string of the molecule is CCOCCOc1ccc([C@@H](C)N)cc1C. The molecular formula is C13H21NO2. The lowest BCUT2D eigenvalue weighted by Crippen LogP contribution is -2.08. The van der Waals surface area contributed by atoms with E-state index < -0.39 is 0 Å². The monoisotopic (exact) mass is 223 g/mol. The van der Waals surface area contributed by atoms with Crippen LogP contribution in [0.15, 0.2) is 18.2 Å². The summed E-state index contributed by atoms with van der Waals surface area (Å²) in [6.07, 6.45) is 0. The first-order valence-electron chi connectivity index (χ1n) is 5.71. The van der Waals surface area contributed by atoms with Gasteiger partial charge in [-0.05, 0) is 38.0 Å². The summed E-state index contributed by atoms with van der Waals surface area (Å²) in [6, 6.07) is 6.12. The number of nitrogens with two attached hydrogens (primary N) is 1. The van der Waals surface area contributed by atoms with Gasteiger partial charge in [-0.1, -0.05) is 12.1 Å². The molecule has 1 atom stereocenters. The molecule has 0 bridgehead atoms. The molecule has 1 aromatic carbocycles. The predicted molar refractivity (Wildman–Crippen MR) is 65.8 cm³/mol. The van der Waals surface area contributed by atoms with E-state index in [1.165, 1.54) is 0 Å². The Kier molecular flexibility index (Phi) is 5.29. The third-order valence-electron chi connectivity index (χ3n) is 2.41. The summed E-state index contributed by atoms with van der Waals surface area (Å²) in [7, 11) is 0. The molecule has 0 saturated carbocycles. The van der Waals surface area contributed by atoms with Crippen molar-refractivity contribution in [3.63, 3.8) is 0 Å². The summed E-state index contributed by atoms with van der Waals surface area (Å²) in [5.74, 6) is 0.907. The van der Waals surface area contributed by atoms with E-state index in [0.29, 0.717) is 13.2 Å². The zero-order chi connectivity index (χ0) is 12.0. The van der Waals surface area contributed by atoms with Crippen molar-refractivity contribution in [2.24, 2.45) is 5.73 Å². The first kappa shape index (κ1) is 13.0. The second kappa shape index (κ2) is 6.51. The molecule has 16 heavy (non-hydrogen) atoms. The Balaban J connectivity index is 2.54. The highest BCUT2D eigenvalue weighted by molar-refractivity contribution is 5.37. The van der Waals surface area contributed by atoms with Crippen LogP contribution in [0.3, 0.4) is 0 Å². The van der Waals surface area contributed by atoms with Crippen LogP contribution in [-0.2, 0) is 4.74 Å². The van der Waals surface area contributed by atoms with Crippen LogP contribution in [0.4, 0.5) is 0 Å². The quantitative estimate of drug-likeness (QED) is 0.753. The molecule has 0 aliphatic carbocycles. The zero-order valence-electron chi connectivity index (χ0n) is 10.3. The van der Waals surface area contributed by atoms with E-state index in [1.807, 2.05) is 32.9 Å². The van der Waals surface area contributed by atoms with Crippen molar-refractivity contribution in [1.29, 1.82) is 0 Å². The van der Waals surface area contributed by atoms with Gasteiger partial charge in [0.25, 0.3) is 0 Å². The minimum Gasteiger partial charge on any atom is -0.491 e. The van der Waals surface area contributed by atoms with Crippen LogP contribution in [0, 0.1) is 6.92 Å². The highest BCUT2D eigenvalue weighted by Crippen LogP contribution is 2.21. The van der Waals surface area contributed by atoms with Crippen molar-refractivity contribution in [3.05, 3.63) is 29.3 Å². The fraction of sp³-hybridized carbons (Fsp3) is 0.538. The molecule has 0 spiro atoms. The van der Waals surface area contributed by atoms with Gasteiger partial charge in [-0.3, -0.25) is 0 Å². The smallest absolute Gasteiger partial charge is 0.122 e. The third kappa shape index (κ3) is 3.83. The molecule has 0 aliphatic rings. The standard InChI is InChI=1S/C13H21NO2/c1-4-15-7-8-16-13-6-5-12(11(3)14)9-10(13)2/h5-6,9,11H,4,7-8,14H2,1-3H3/t11-/m1/s1. The predicted octanol–water partition coefficient (Wildman–Crippen LogP) is 2.43. The van der Waals surface area contributed by atoms with E-state index in [0.717, 1.165) is 23.5 Å². The number of hydrogen-bond donors (Lipinski definition) is 1. The fourth-order valence-corrected chi connectivity index (χ4v) is 1.47. The van der Waals surface area contributed by atoms with E-state index in [1.54, 1.807) is 0 Å². The lowest BCUT2D eigenvalue weighted by atomic mass is 10.1. The number of rotatable bonds is 6. The molecule has 2 N–H and O–H groups in total. The van der Waals surface area contributed by atoms with Crippen LogP contribution in [0.25, 0.3) is 0 Å². The van der Waals surface area contributed by atoms with Crippen LogP contribution in [0.2, 0.25) is 0 Å². The van der Waals surface area contributed by atoms with Crippen molar-refractivity contribution in [2.45, 2.75) is 26.8 Å². The van der Waals surface area contributed by atoms with Crippen LogP contribution >= 0.6 is 0 Å². The van der Waals surface area contributed by atoms with E-state index in [2.05, 4.69) is 6.07 Å². The molecule has 0 unspecified atom stereocenters. The fourth-order valence-electron chi connectivity index (χ4n) is 1.47. The maximum atomic E-state index is 5.81. The summed E-state index contributed by atoms with van der Waals surface area (Å²) in [6.45, 7) is 7.93. The molecule has 1 rings (SSSR count). The highest BCUT2D eigenvalue weighted by Gasteiger charge is 2.04. The van der Waals surface area contributed by atoms with E-state index in [4.69, 9.17) is 15.2 Å². The molecule has 0 saturated heterocycles. The van der Waals surface area contributed by atoms with Crippen molar-refractivity contribution in [3.8, 4) is 5.75 Å². The van der Waals surface area contributed by atoms with Gasteiger partial charge in [0.2, 0.25) is 0 Å². The molecular weight excluding hydrogens is 202 g/mol. The number of hydrogen-bond acceptors (Lipinski definition) is 3. The number of ether oxygens (including phenoxy) is 2. The van der Waals surface area contributed by atoms with Crippen LogP contribution in [-0.4, -0.2) is 19.8 Å². The second-order valence-electron chi connectivity index (χ2n) is 3.86. The lowest BCUT2D eigenvalue weighted by molar-refractivity contribution is 0.110. The van der Waals surface area contributed by atoms with Crippen LogP contribution < -0.4 is 10.5 Å². The van der Waals surface area contributed by atoms with Gasteiger partial charge in [-0.15, -0.1) is 0 Å². The van der Waals surface area contributed by atoms with Crippen molar-refractivity contribution >= 4 is 0 Å². The summed E-state index contributed by atoms with van der Waals surface area (Å²) in [5, 5.41) is 0. The molecule has 0 amide bonds. The van der Waals surface area contributed by atoms with Crippen LogP contribution in [0.5, 0.6) is 5.75 Å². The van der Waals surface area contributed by atoms with Gasteiger partial charge in [-0.25, -0.2) is 0 Å². The molecule has 0 fully saturated rings. The third-order valence-corrected chi connectivity index (χ3v) is 2.41. The average Bonchev–Trinajstić information content (AvgIpc) is 2.26. The maximum Gasteiger partial charge on any atom is 0.122 e. The highest BCUT2D eigenvalue weighted by atomic mass is 16.5. The Morgan fingerprint density at radius 1 is 1.31 bits per heavy atom. The first-order valence-corrected chi connectivity index (χ1v) is 5.71. The van der Waals surface area contributed by atoms with Crippen molar-refractivity contribution in [1.82, 2.24) is 0 Å². The Morgan fingerprint density at radius 3 is 2.62 bits per heavy atom. The van der Waals surface area contributed by atoms with Gasteiger partial charge < -0.3 is 15.2 Å². The Labute approximate surface area is 97.6 Å². The van der Waals surface area contributed by atoms with E-state index >= 15 is 0 Å². The molecule has 3 heteroatoms. The van der Waals surface area contributed by atoms with Gasteiger partial charge in [-0.2, -0.15) is 0 Å². The minimum absolute atomic E-state index is 0.0659. The van der Waals surface area contributed by atoms with Crippen molar-refractivity contribution < 1.29 is 9.47 Å².